The Morgan fingerprint density at radius 2 is 2.07 bits per heavy atom. The van der Waals surface area contributed by atoms with Crippen LogP contribution in [0.4, 0.5) is 5.69 Å². The van der Waals surface area contributed by atoms with Crippen LogP contribution in [-0.4, -0.2) is 46.0 Å². The van der Waals surface area contributed by atoms with E-state index in [1.165, 1.54) is 16.9 Å². The lowest BCUT2D eigenvalue weighted by atomic mass is 10.1. The van der Waals surface area contributed by atoms with Crippen molar-refractivity contribution in [2.45, 2.75) is 26.4 Å². The van der Waals surface area contributed by atoms with Crippen molar-refractivity contribution < 1.29 is 4.79 Å². The number of carbonyl (C=O) groups is 1. The second-order valence-corrected chi connectivity index (χ2v) is 8.12. The van der Waals surface area contributed by atoms with Crippen LogP contribution < -0.4 is 16.1 Å². The minimum atomic E-state index is -0.546. The lowest BCUT2D eigenvalue weighted by molar-refractivity contribution is -0.132. The van der Waals surface area contributed by atoms with Gasteiger partial charge in [-0.3, -0.25) is 9.59 Å². The van der Waals surface area contributed by atoms with Crippen LogP contribution in [0.1, 0.15) is 12.5 Å². The van der Waals surface area contributed by atoms with E-state index in [9.17, 15) is 14.4 Å². The Morgan fingerprint density at radius 1 is 1.25 bits per heavy atom. The molecule has 1 N–H and O–H groups in total. The van der Waals surface area contributed by atoms with E-state index in [-0.39, 0.29) is 18.5 Å². The van der Waals surface area contributed by atoms with Crippen LogP contribution in [-0.2, 0) is 11.3 Å². The van der Waals surface area contributed by atoms with Gasteiger partial charge in [-0.05, 0) is 43.0 Å². The fraction of sp³-hybridized carbons (Fsp3) is 0.350. The predicted molar refractivity (Wildman–Crippen MR) is 111 cm³/mol. The lowest BCUT2D eigenvalue weighted by Crippen LogP contribution is -2.55. The number of thiophene rings is 1. The standard InChI is InChI=1S/C20H22N4O3S/c1-13-4-3-5-15(10-13)23-8-7-22(11-14(23)2)17(25)12-24-19(26)18-16(6-9-28-18)21-20(24)27/h3-6,9-10,14H,7-8,11-12H2,1-2H3,(H,21,27)/t14-/m0/s1. The summed E-state index contributed by atoms with van der Waals surface area (Å²) in [5.41, 5.74) is 1.91. The number of nitrogens with one attached hydrogen (secondary N) is 1. The van der Waals surface area contributed by atoms with Gasteiger partial charge in [0.05, 0.1) is 5.52 Å². The average molecular weight is 398 g/mol. The van der Waals surface area contributed by atoms with Gasteiger partial charge in [-0.25, -0.2) is 9.36 Å². The molecule has 3 aromatic rings. The number of fused-ring (bicyclic) bond motifs is 1. The molecule has 1 amide bonds. The Hall–Kier alpha value is -2.87. The molecule has 1 fully saturated rings. The zero-order valence-corrected chi connectivity index (χ0v) is 16.7. The van der Waals surface area contributed by atoms with Crippen LogP contribution in [0, 0.1) is 6.92 Å². The van der Waals surface area contributed by atoms with Crippen LogP contribution in [0.3, 0.4) is 0 Å². The van der Waals surface area contributed by atoms with Crippen LogP contribution in [0.15, 0.2) is 45.3 Å². The highest BCUT2D eigenvalue weighted by Crippen LogP contribution is 2.21. The molecule has 146 valence electrons. The topological polar surface area (TPSA) is 78.4 Å². The van der Waals surface area contributed by atoms with E-state index in [0.717, 1.165) is 10.3 Å². The molecule has 0 radical (unpaired) electrons. The van der Waals surface area contributed by atoms with E-state index in [2.05, 4.69) is 41.9 Å². The third-order valence-electron chi connectivity index (χ3n) is 5.20. The molecule has 7 nitrogen and oxygen atoms in total. The molecule has 4 rings (SSSR count). The van der Waals surface area contributed by atoms with Crippen molar-refractivity contribution in [2.24, 2.45) is 0 Å². The van der Waals surface area contributed by atoms with Crippen LogP contribution in [0.2, 0.25) is 0 Å². The van der Waals surface area contributed by atoms with Crippen molar-refractivity contribution in [3.8, 4) is 0 Å². The monoisotopic (exact) mass is 398 g/mol. The van der Waals surface area contributed by atoms with E-state index in [0.29, 0.717) is 29.9 Å². The van der Waals surface area contributed by atoms with Gasteiger partial charge in [-0.1, -0.05) is 12.1 Å². The molecule has 28 heavy (non-hydrogen) atoms. The number of carbonyl (C=O) groups excluding carboxylic acids is 1. The van der Waals surface area contributed by atoms with E-state index >= 15 is 0 Å². The summed E-state index contributed by atoms with van der Waals surface area (Å²) in [7, 11) is 0. The molecule has 0 unspecified atom stereocenters. The molecule has 1 aromatic carbocycles. The summed E-state index contributed by atoms with van der Waals surface area (Å²) in [4.78, 5) is 44.3. The predicted octanol–water partition coefficient (Wildman–Crippen LogP) is 1.80. The van der Waals surface area contributed by atoms with Crippen LogP contribution >= 0.6 is 11.3 Å². The summed E-state index contributed by atoms with van der Waals surface area (Å²) < 4.78 is 1.46. The molecular weight excluding hydrogens is 376 g/mol. The van der Waals surface area contributed by atoms with Crippen LogP contribution in [0.5, 0.6) is 0 Å². The molecule has 0 saturated carbocycles. The van der Waals surface area contributed by atoms with Crippen molar-refractivity contribution in [2.75, 3.05) is 24.5 Å². The minimum absolute atomic E-state index is 0.147. The van der Waals surface area contributed by atoms with Crippen molar-refractivity contribution in [3.05, 3.63) is 62.1 Å². The van der Waals surface area contributed by atoms with Crippen LogP contribution in [0.25, 0.3) is 10.2 Å². The highest BCUT2D eigenvalue weighted by atomic mass is 32.1. The molecule has 0 aliphatic carbocycles. The largest absolute Gasteiger partial charge is 0.365 e. The quantitative estimate of drug-likeness (QED) is 0.730. The van der Waals surface area contributed by atoms with Crippen molar-refractivity contribution >= 4 is 33.1 Å². The van der Waals surface area contributed by atoms with Gasteiger partial charge in [0, 0.05) is 31.4 Å². The number of amides is 1. The number of aromatic nitrogens is 2. The Bertz CT molecular complexity index is 1150. The van der Waals surface area contributed by atoms with Gasteiger partial charge in [0.15, 0.2) is 0 Å². The number of rotatable bonds is 3. The molecule has 3 heterocycles. The number of aryl methyl sites for hydroxylation is 1. The molecule has 2 aromatic heterocycles. The number of H-pyrrole nitrogens is 1. The summed E-state index contributed by atoms with van der Waals surface area (Å²) in [6.07, 6.45) is 0. The maximum Gasteiger partial charge on any atom is 0.329 e. The summed E-state index contributed by atoms with van der Waals surface area (Å²) in [6, 6.07) is 10.2. The number of nitrogens with zero attached hydrogens (tertiary/aromatic N) is 3. The lowest BCUT2D eigenvalue weighted by Gasteiger charge is -2.41. The van der Waals surface area contributed by atoms with Gasteiger partial charge in [-0.15, -0.1) is 11.3 Å². The van der Waals surface area contributed by atoms with Gasteiger partial charge >= 0.3 is 5.69 Å². The number of hydrogen-bond acceptors (Lipinski definition) is 5. The zero-order valence-electron chi connectivity index (χ0n) is 15.8. The normalized spacial score (nSPS) is 17.3. The Kier molecular flexibility index (Phi) is 4.80. The molecule has 1 saturated heterocycles. The first-order chi connectivity index (χ1) is 13.4. The van der Waals surface area contributed by atoms with E-state index in [1.807, 2.05) is 6.07 Å². The summed E-state index contributed by atoms with van der Waals surface area (Å²) in [5, 5.41) is 1.75. The molecule has 1 aliphatic heterocycles. The first kappa shape index (κ1) is 18.5. The maximum atomic E-state index is 12.8. The third-order valence-corrected chi connectivity index (χ3v) is 6.10. The van der Waals surface area contributed by atoms with Gasteiger partial charge in [-0.2, -0.15) is 0 Å². The smallest absolute Gasteiger partial charge is 0.329 e. The highest BCUT2D eigenvalue weighted by Gasteiger charge is 2.27. The molecule has 1 atom stereocenters. The molecule has 1 aliphatic rings. The zero-order chi connectivity index (χ0) is 19.8. The van der Waals surface area contributed by atoms with Crippen molar-refractivity contribution in [1.29, 1.82) is 0 Å². The van der Waals surface area contributed by atoms with E-state index in [1.54, 1.807) is 16.3 Å². The summed E-state index contributed by atoms with van der Waals surface area (Å²) in [5.74, 6) is -0.209. The molecule has 0 bridgehead atoms. The first-order valence-electron chi connectivity index (χ1n) is 9.25. The number of piperazine rings is 1. The Balaban J connectivity index is 1.50. The summed E-state index contributed by atoms with van der Waals surface area (Å²) >= 11 is 1.26. The number of benzene rings is 1. The molecule has 0 spiro atoms. The third kappa shape index (κ3) is 3.35. The molecule has 8 heteroatoms. The SMILES string of the molecule is Cc1cccc(N2CCN(C(=O)Cn3c(=O)[nH]c4ccsc4c3=O)C[C@@H]2C)c1. The second-order valence-electron chi connectivity index (χ2n) is 7.21. The Labute approximate surface area is 165 Å². The first-order valence-corrected chi connectivity index (χ1v) is 10.1. The number of anilines is 1. The van der Waals surface area contributed by atoms with E-state index in [4.69, 9.17) is 0 Å². The number of aromatic amines is 1. The molecular formula is C20H22N4O3S. The Morgan fingerprint density at radius 3 is 2.82 bits per heavy atom. The van der Waals surface area contributed by atoms with Gasteiger partial charge in [0.1, 0.15) is 11.2 Å². The van der Waals surface area contributed by atoms with Gasteiger partial charge in [0.25, 0.3) is 5.56 Å². The van der Waals surface area contributed by atoms with Gasteiger partial charge < -0.3 is 14.8 Å². The number of hydrogen-bond donors (Lipinski definition) is 1. The average Bonchev–Trinajstić information content (AvgIpc) is 3.13. The fourth-order valence-corrected chi connectivity index (χ4v) is 4.52. The maximum absolute atomic E-state index is 12.8. The van der Waals surface area contributed by atoms with Gasteiger partial charge in [0.2, 0.25) is 5.91 Å². The fourth-order valence-electron chi connectivity index (χ4n) is 3.72. The summed E-state index contributed by atoms with van der Waals surface area (Å²) in [6.45, 7) is 5.74. The van der Waals surface area contributed by atoms with E-state index < -0.39 is 11.2 Å². The van der Waals surface area contributed by atoms with Crippen molar-refractivity contribution in [3.63, 3.8) is 0 Å². The minimum Gasteiger partial charge on any atom is -0.365 e. The van der Waals surface area contributed by atoms with Crippen molar-refractivity contribution in [1.82, 2.24) is 14.5 Å². The second kappa shape index (κ2) is 7.27. The highest BCUT2D eigenvalue weighted by molar-refractivity contribution is 7.17.